The molecular formula is C17H28N4O. The van der Waals surface area contributed by atoms with Gasteiger partial charge in [-0.05, 0) is 37.2 Å². The van der Waals surface area contributed by atoms with Gasteiger partial charge in [0, 0.05) is 25.4 Å². The number of hydrogen-bond acceptors (Lipinski definition) is 3. The Labute approximate surface area is 133 Å². The summed E-state index contributed by atoms with van der Waals surface area (Å²) in [4.78, 5) is 8.93. The van der Waals surface area contributed by atoms with Crippen LogP contribution >= 0.6 is 0 Å². The van der Waals surface area contributed by atoms with Crippen LogP contribution in [0.2, 0.25) is 0 Å². The lowest BCUT2D eigenvalue weighted by molar-refractivity contribution is 0.288. The lowest BCUT2D eigenvalue weighted by Crippen LogP contribution is -2.39. The Kier molecular flexibility index (Phi) is 6.49. The number of aliphatic imine (C=N–C) groups is 1. The van der Waals surface area contributed by atoms with Crippen molar-refractivity contribution >= 4 is 5.96 Å². The minimum atomic E-state index is 0.591. The summed E-state index contributed by atoms with van der Waals surface area (Å²) in [5.74, 6) is 2.91. The first-order valence-electron chi connectivity index (χ1n) is 8.27. The first-order chi connectivity index (χ1) is 10.7. The molecule has 122 valence electrons. The molecule has 0 amide bonds. The summed E-state index contributed by atoms with van der Waals surface area (Å²) in [6, 6.07) is 3.96. The molecule has 1 aromatic rings. The molecule has 2 N–H and O–H groups in total. The number of nitrogens with one attached hydrogen (secondary N) is 2. The number of guanidine groups is 1. The third-order valence-electron chi connectivity index (χ3n) is 3.40. The summed E-state index contributed by atoms with van der Waals surface area (Å²) >= 11 is 0. The molecule has 0 spiro atoms. The van der Waals surface area contributed by atoms with Crippen molar-refractivity contribution in [2.24, 2.45) is 16.8 Å². The molecule has 22 heavy (non-hydrogen) atoms. The normalized spacial score (nSPS) is 15.0. The second-order valence-corrected chi connectivity index (χ2v) is 6.23. The summed E-state index contributed by atoms with van der Waals surface area (Å²) in [5, 5.41) is 6.59. The topological polar surface area (TPSA) is 58.5 Å². The van der Waals surface area contributed by atoms with Crippen LogP contribution in [0.3, 0.4) is 0 Å². The number of rotatable bonds is 8. The Morgan fingerprint density at radius 1 is 1.36 bits per heavy atom. The van der Waals surface area contributed by atoms with Gasteiger partial charge in [-0.15, -0.1) is 0 Å². The molecule has 1 aliphatic carbocycles. The molecule has 0 aromatic carbocycles. The molecule has 0 unspecified atom stereocenters. The van der Waals surface area contributed by atoms with E-state index in [1.165, 1.54) is 12.8 Å². The van der Waals surface area contributed by atoms with Gasteiger partial charge in [0.05, 0.1) is 13.2 Å². The highest BCUT2D eigenvalue weighted by molar-refractivity contribution is 5.79. The van der Waals surface area contributed by atoms with Crippen molar-refractivity contribution in [2.45, 2.75) is 40.2 Å². The highest BCUT2D eigenvalue weighted by Gasteiger charge is 2.21. The van der Waals surface area contributed by atoms with Crippen molar-refractivity contribution in [3.63, 3.8) is 0 Å². The van der Waals surface area contributed by atoms with Crippen molar-refractivity contribution < 1.29 is 4.74 Å². The van der Waals surface area contributed by atoms with Gasteiger partial charge in [-0.25, -0.2) is 9.98 Å². The minimum Gasteiger partial charge on any atom is -0.477 e. The maximum Gasteiger partial charge on any atom is 0.213 e. The molecule has 0 atom stereocenters. The van der Waals surface area contributed by atoms with Crippen LogP contribution in [0.25, 0.3) is 0 Å². The molecule has 5 heteroatoms. The largest absolute Gasteiger partial charge is 0.477 e. The molecule has 1 heterocycles. The molecule has 1 aliphatic rings. The van der Waals surface area contributed by atoms with E-state index < -0.39 is 0 Å². The van der Waals surface area contributed by atoms with E-state index in [-0.39, 0.29) is 0 Å². The van der Waals surface area contributed by atoms with E-state index in [2.05, 4.69) is 41.4 Å². The highest BCUT2D eigenvalue weighted by atomic mass is 16.5. The maximum atomic E-state index is 5.64. The third kappa shape index (κ3) is 6.33. The third-order valence-corrected chi connectivity index (χ3v) is 3.40. The molecule has 1 saturated carbocycles. The van der Waals surface area contributed by atoms with E-state index in [4.69, 9.17) is 4.74 Å². The summed E-state index contributed by atoms with van der Waals surface area (Å²) in [6.07, 6.45) is 4.44. The van der Waals surface area contributed by atoms with Crippen LogP contribution in [-0.2, 0) is 6.54 Å². The van der Waals surface area contributed by atoms with Gasteiger partial charge in [0.1, 0.15) is 0 Å². The monoisotopic (exact) mass is 304 g/mol. The average molecular weight is 304 g/mol. The van der Waals surface area contributed by atoms with E-state index in [0.717, 1.165) is 37.1 Å². The standard InChI is InChI=1S/C17H28N4O/c1-4-18-17(20-9-13(2)3)21-11-15-7-8-16(19-10-15)22-12-14-5-6-14/h7-8,10,13-14H,4-6,9,11-12H2,1-3H3,(H2,18,20,21). The molecule has 0 aliphatic heterocycles. The summed E-state index contributed by atoms with van der Waals surface area (Å²) in [5.41, 5.74) is 1.08. The van der Waals surface area contributed by atoms with Gasteiger partial charge in [0.2, 0.25) is 5.88 Å². The molecule has 5 nitrogen and oxygen atoms in total. The van der Waals surface area contributed by atoms with Crippen molar-refractivity contribution in [3.05, 3.63) is 23.9 Å². The van der Waals surface area contributed by atoms with E-state index in [1.54, 1.807) is 0 Å². The number of aromatic nitrogens is 1. The Bertz CT molecular complexity index is 466. The number of nitrogens with zero attached hydrogens (tertiary/aromatic N) is 2. The van der Waals surface area contributed by atoms with Gasteiger partial charge < -0.3 is 15.4 Å². The fourth-order valence-corrected chi connectivity index (χ4v) is 1.89. The van der Waals surface area contributed by atoms with E-state index in [1.807, 2.05) is 18.3 Å². The number of pyridine rings is 1. The van der Waals surface area contributed by atoms with E-state index in [0.29, 0.717) is 18.3 Å². The van der Waals surface area contributed by atoms with Gasteiger partial charge in [-0.2, -0.15) is 0 Å². The summed E-state index contributed by atoms with van der Waals surface area (Å²) in [7, 11) is 0. The van der Waals surface area contributed by atoms with Crippen LogP contribution in [0.4, 0.5) is 0 Å². The first-order valence-corrected chi connectivity index (χ1v) is 8.27. The smallest absolute Gasteiger partial charge is 0.213 e. The predicted molar refractivity (Wildman–Crippen MR) is 90.1 cm³/mol. The Hall–Kier alpha value is -1.78. The van der Waals surface area contributed by atoms with Crippen LogP contribution in [0, 0.1) is 11.8 Å². The SMILES string of the molecule is CCNC(=NCc1ccc(OCC2CC2)nc1)NCC(C)C. The Balaban J connectivity index is 1.82. The van der Waals surface area contributed by atoms with Crippen LogP contribution in [-0.4, -0.2) is 30.6 Å². The second kappa shape index (κ2) is 8.61. The minimum absolute atomic E-state index is 0.591. The molecule has 0 saturated heterocycles. The van der Waals surface area contributed by atoms with Gasteiger partial charge in [0.15, 0.2) is 5.96 Å². The maximum absolute atomic E-state index is 5.64. The van der Waals surface area contributed by atoms with Crippen molar-refractivity contribution in [1.82, 2.24) is 15.6 Å². The zero-order valence-corrected chi connectivity index (χ0v) is 13.9. The molecule has 2 rings (SSSR count). The molecule has 1 fully saturated rings. The van der Waals surface area contributed by atoms with Gasteiger partial charge in [-0.1, -0.05) is 19.9 Å². The van der Waals surface area contributed by atoms with Crippen LogP contribution in [0.5, 0.6) is 5.88 Å². The summed E-state index contributed by atoms with van der Waals surface area (Å²) < 4.78 is 5.64. The molecule has 0 radical (unpaired) electrons. The first kappa shape index (κ1) is 16.6. The lowest BCUT2D eigenvalue weighted by atomic mass is 10.2. The van der Waals surface area contributed by atoms with Crippen molar-refractivity contribution in [3.8, 4) is 5.88 Å². The highest BCUT2D eigenvalue weighted by Crippen LogP contribution is 2.29. The molecular weight excluding hydrogens is 276 g/mol. The zero-order chi connectivity index (χ0) is 15.8. The predicted octanol–water partition coefficient (Wildman–Crippen LogP) is 2.58. The summed E-state index contributed by atoms with van der Waals surface area (Å²) in [6.45, 7) is 9.62. The molecule has 1 aromatic heterocycles. The second-order valence-electron chi connectivity index (χ2n) is 6.23. The number of ether oxygens (including phenoxy) is 1. The number of hydrogen-bond donors (Lipinski definition) is 2. The van der Waals surface area contributed by atoms with E-state index in [9.17, 15) is 0 Å². The van der Waals surface area contributed by atoms with Gasteiger partial charge in [-0.3, -0.25) is 0 Å². The fraction of sp³-hybridized carbons (Fsp3) is 0.647. The average Bonchev–Trinajstić information content (AvgIpc) is 3.33. The zero-order valence-electron chi connectivity index (χ0n) is 13.9. The Morgan fingerprint density at radius 2 is 2.18 bits per heavy atom. The quantitative estimate of drug-likeness (QED) is 0.572. The lowest BCUT2D eigenvalue weighted by Gasteiger charge is -2.13. The van der Waals surface area contributed by atoms with E-state index >= 15 is 0 Å². The van der Waals surface area contributed by atoms with Crippen LogP contribution in [0.1, 0.15) is 39.2 Å². The fourth-order valence-electron chi connectivity index (χ4n) is 1.89. The van der Waals surface area contributed by atoms with Crippen LogP contribution < -0.4 is 15.4 Å². The van der Waals surface area contributed by atoms with Crippen molar-refractivity contribution in [1.29, 1.82) is 0 Å². The van der Waals surface area contributed by atoms with Gasteiger partial charge >= 0.3 is 0 Å². The van der Waals surface area contributed by atoms with Gasteiger partial charge in [0.25, 0.3) is 0 Å². The van der Waals surface area contributed by atoms with Crippen LogP contribution in [0.15, 0.2) is 23.3 Å². The van der Waals surface area contributed by atoms with Crippen molar-refractivity contribution in [2.75, 3.05) is 19.7 Å². The molecule has 0 bridgehead atoms. The Morgan fingerprint density at radius 3 is 2.77 bits per heavy atom.